The van der Waals surface area contributed by atoms with Crippen LogP contribution in [0.3, 0.4) is 0 Å². The minimum atomic E-state index is -1.31. The van der Waals surface area contributed by atoms with Gasteiger partial charge >= 0.3 is 0 Å². The third-order valence-electron chi connectivity index (χ3n) is 6.44. The van der Waals surface area contributed by atoms with Gasteiger partial charge < -0.3 is 26.5 Å². The number of amides is 3. The Morgan fingerprint density at radius 2 is 1.97 bits per heavy atom. The van der Waals surface area contributed by atoms with E-state index < -0.39 is 29.6 Å². The van der Waals surface area contributed by atoms with Gasteiger partial charge in [-0.15, -0.1) is 0 Å². The van der Waals surface area contributed by atoms with Gasteiger partial charge in [-0.05, 0) is 42.6 Å². The summed E-state index contributed by atoms with van der Waals surface area (Å²) in [4.78, 5) is 43.7. The van der Waals surface area contributed by atoms with E-state index in [1.165, 1.54) is 18.2 Å². The van der Waals surface area contributed by atoms with Crippen LogP contribution >= 0.6 is 11.5 Å². The second-order valence-corrected chi connectivity index (χ2v) is 9.61. The van der Waals surface area contributed by atoms with Crippen molar-refractivity contribution in [2.24, 2.45) is 5.73 Å². The number of aromatic nitrogens is 2. The van der Waals surface area contributed by atoms with Crippen molar-refractivity contribution in [2.45, 2.75) is 25.0 Å². The molecule has 0 bridgehead atoms. The van der Waals surface area contributed by atoms with Gasteiger partial charge in [-0.25, -0.2) is 4.39 Å². The van der Waals surface area contributed by atoms with E-state index >= 15 is 4.39 Å². The van der Waals surface area contributed by atoms with Gasteiger partial charge in [0.15, 0.2) is 5.69 Å². The third kappa shape index (κ3) is 4.71. The number of rotatable bonds is 8. The van der Waals surface area contributed by atoms with Crippen LogP contribution in [-0.4, -0.2) is 46.3 Å². The molecule has 196 valence electrons. The molecule has 0 spiro atoms. The Labute approximate surface area is 220 Å². The Bertz CT molecular complexity index is 1510. The number of carbonyl (C=O) groups is 3. The summed E-state index contributed by atoms with van der Waals surface area (Å²) in [6.07, 6.45) is 3.14. The molecule has 1 saturated heterocycles. The SMILES string of the molecule is NC(=O)c1nsc(C(=O)N(c2ccccc2F)C(C(=O)NCC2CCCO2)c2c[nH]c3ccccc23)c1N. The summed E-state index contributed by atoms with van der Waals surface area (Å²) in [7, 11) is 0. The maximum absolute atomic E-state index is 15.3. The van der Waals surface area contributed by atoms with Crippen LogP contribution < -0.4 is 21.7 Å². The highest BCUT2D eigenvalue weighted by molar-refractivity contribution is 7.09. The first kappa shape index (κ1) is 25.4. The number of primary amides is 1. The molecular formula is C26H25FN6O4S. The van der Waals surface area contributed by atoms with Gasteiger partial charge in [0.05, 0.1) is 17.5 Å². The largest absolute Gasteiger partial charge is 0.395 e. The summed E-state index contributed by atoms with van der Waals surface area (Å²) in [5.74, 6) is -2.98. The molecule has 1 fully saturated rings. The van der Waals surface area contributed by atoms with E-state index in [1.54, 1.807) is 24.4 Å². The molecule has 0 aliphatic carbocycles. The number of benzene rings is 2. The standard InChI is InChI=1S/C26H25FN6O4S/c27-17-8-2-4-10-19(17)33(26(36)23-20(28)21(24(29)34)32-38-23)22(25(35)31-12-14-6-5-11-37-14)16-13-30-18-9-3-1-7-15(16)18/h1-4,7-10,13-14,22,30H,5-6,11-12,28H2,(H2,29,34)(H,31,35). The van der Waals surface area contributed by atoms with E-state index in [0.717, 1.165) is 23.3 Å². The minimum Gasteiger partial charge on any atom is -0.395 e. The fourth-order valence-corrected chi connectivity index (χ4v) is 5.33. The lowest BCUT2D eigenvalue weighted by atomic mass is 10.0. The number of nitrogen functional groups attached to an aromatic ring is 1. The molecule has 38 heavy (non-hydrogen) atoms. The zero-order valence-electron chi connectivity index (χ0n) is 20.1. The molecule has 12 heteroatoms. The highest BCUT2D eigenvalue weighted by Gasteiger charge is 2.38. The number of fused-ring (bicyclic) bond motifs is 1. The average molecular weight is 537 g/mol. The third-order valence-corrected chi connectivity index (χ3v) is 7.29. The van der Waals surface area contributed by atoms with Crippen LogP contribution in [0.5, 0.6) is 0 Å². The van der Waals surface area contributed by atoms with Gasteiger partial charge in [0.25, 0.3) is 11.8 Å². The van der Waals surface area contributed by atoms with Crippen LogP contribution in [-0.2, 0) is 9.53 Å². The van der Waals surface area contributed by atoms with E-state index in [1.807, 2.05) is 12.1 Å². The zero-order valence-corrected chi connectivity index (χ0v) is 21.0. The second kappa shape index (κ2) is 10.6. The van der Waals surface area contributed by atoms with Crippen LogP contribution in [0.15, 0.2) is 54.7 Å². The second-order valence-electron chi connectivity index (χ2n) is 8.84. The predicted octanol–water partition coefficient (Wildman–Crippen LogP) is 3.13. The van der Waals surface area contributed by atoms with E-state index in [-0.39, 0.29) is 34.6 Å². The molecule has 5 rings (SSSR count). The van der Waals surface area contributed by atoms with Crippen LogP contribution in [0.2, 0.25) is 0 Å². The summed E-state index contributed by atoms with van der Waals surface area (Å²) in [6.45, 7) is 0.838. The van der Waals surface area contributed by atoms with Gasteiger partial charge in [0, 0.05) is 35.8 Å². The Kier molecular flexibility index (Phi) is 7.07. The molecule has 6 N–H and O–H groups in total. The van der Waals surface area contributed by atoms with E-state index in [2.05, 4.69) is 14.7 Å². The lowest BCUT2D eigenvalue weighted by Gasteiger charge is -2.31. The van der Waals surface area contributed by atoms with Crippen molar-refractivity contribution in [3.05, 3.63) is 76.7 Å². The molecule has 1 aliphatic heterocycles. The molecular weight excluding hydrogens is 511 g/mol. The van der Waals surface area contributed by atoms with Crippen LogP contribution in [0.25, 0.3) is 10.9 Å². The number of nitrogens with two attached hydrogens (primary N) is 2. The Balaban J connectivity index is 1.66. The van der Waals surface area contributed by atoms with Gasteiger partial charge in [-0.2, -0.15) is 4.37 Å². The first-order valence-corrected chi connectivity index (χ1v) is 12.7. The number of hydrogen-bond donors (Lipinski definition) is 4. The number of hydrogen-bond acceptors (Lipinski definition) is 7. The van der Waals surface area contributed by atoms with Gasteiger partial charge in [0.2, 0.25) is 5.91 Å². The average Bonchev–Trinajstić information content (AvgIpc) is 3.66. The number of H-pyrrole nitrogens is 1. The number of aromatic amines is 1. The van der Waals surface area contributed by atoms with Crippen molar-refractivity contribution >= 4 is 51.5 Å². The first-order chi connectivity index (χ1) is 18.4. The van der Waals surface area contributed by atoms with Crippen LogP contribution in [0.1, 0.15) is 44.6 Å². The Morgan fingerprint density at radius 3 is 2.68 bits per heavy atom. The summed E-state index contributed by atoms with van der Waals surface area (Å²) in [6, 6.07) is 11.6. The van der Waals surface area contributed by atoms with Gasteiger partial charge in [0.1, 0.15) is 16.7 Å². The normalized spacial score (nSPS) is 15.9. The maximum Gasteiger partial charge on any atom is 0.273 e. The zero-order chi connectivity index (χ0) is 26.8. The molecule has 1 aliphatic rings. The van der Waals surface area contributed by atoms with Crippen molar-refractivity contribution in [3.8, 4) is 0 Å². The molecule has 2 aromatic heterocycles. The highest BCUT2D eigenvalue weighted by atomic mass is 32.1. The molecule has 0 radical (unpaired) electrons. The number of anilines is 2. The molecule has 10 nitrogen and oxygen atoms in total. The van der Waals surface area contributed by atoms with Crippen LogP contribution in [0, 0.1) is 5.82 Å². The van der Waals surface area contributed by atoms with E-state index in [4.69, 9.17) is 16.2 Å². The van der Waals surface area contributed by atoms with Crippen molar-refractivity contribution < 1.29 is 23.5 Å². The topological polar surface area (TPSA) is 156 Å². The summed E-state index contributed by atoms with van der Waals surface area (Å²) >= 11 is 0.656. The van der Waals surface area contributed by atoms with E-state index in [9.17, 15) is 14.4 Å². The number of nitrogens with one attached hydrogen (secondary N) is 2. The van der Waals surface area contributed by atoms with Crippen molar-refractivity contribution in [2.75, 3.05) is 23.8 Å². The molecule has 0 saturated carbocycles. The number of halogens is 1. The maximum atomic E-state index is 15.3. The fourth-order valence-electron chi connectivity index (χ4n) is 4.59. The molecule has 3 heterocycles. The number of ether oxygens (including phenoxy) is 1. The molecule has 2 unspecified atom stereocenters. The monoisotopic (exact) mass is 536 g/mol. The quantitative estimate of drug-likeness (QED) is 0.271. The lowest BCUT2D eigenvalue weighted by Crippen LogP contribution is -2.46. The smallest absolute Gasteiger partial charge is 0.273 e. The minimum absolute atomic E-state index is 0.140. The first-order valence-electron chi connectivity index (χ1n) is 11.9. The summed E-state index contributed by atoms with van der Waals surface area (Å²) in [5, 5.41) is 3.56. The molecule has 4 aromatic rings. The van der Waals surface area contributed by atoms with E-state index in [0.29, 0.717) is 29.1 Å². The lowest BCUT2D eigenvalue weighted by molar-refractivity contribution is -0.123. The highest BCUT2D eigenvalue weighted by Crippen LogP contribution is 2.36. The fraction of sp³-hybridized carbons (Fsp3) is 0.231. The molecule has 3 amide bonds. The van der Waals surface area contributed by atoms with Gasteiger partial charge in [-0.1, -0.05) is 30.3 Å². The number of nitrogens with zero attached hydrogens (tertiary/aromatic N) is 2. The molecule has 2 atom stereocenters. The summed E-state index contributed by atoms with van der Waals surface area (Å²) < 4.78 is 24.8. The molecule has 2 aromatic carbocycles. The number of para-hydroxylation sites is 2. The Morgan fingerprint density at radius 1 is 1.21 bits per heavy atom. The Hall–Kier alpha value is -4.29. The van der Waals surface area contributed by atoms with Crippen LogP contribution in [0.4, 0.5) is 15.8 Å². The van der Waals surface area contributed by atoms with Crippen molar-refractivity contribution in [1.82, 2.24) is 14.7 Å². The summed E-state index contributed by atoms with van der Waals surface area (Å²) in [5.41, 5.74) is 11.9. The van der Waals surface area contributed by atoms with Crippen molar-refractivity contribution in [1.29, 1.82) is 0 Å². The van der Waals surface area contributed by atoms with Crippen molar-refractivity contribution in [3.63, 3.8) is 0 Å². The number of carbonyl (C=O) groups excluding carboxylic acids is 3. The predicted molar refractivity (Wildman–Crippen MR) is 141 cm³/mol. The van der Waals surface area contributed by atoms with Gasteiger partial charge in [-0.3, -0.25) is 19.3 Å².